The van der Waals surface area contributed by atoms with E-state index in [0.717, 1.165) is 5.56 Å². The summed E-state index contributed by atoms with van der Waals surface area (Å²) in [6.45, 7) is 5.49. The van der Waals surface area contributed by atoms with Crippen LogP contribution in [-0.2, 0) is 0 Å². The maximum Gasteiger partial charge on any atom is 0.343 e. The zero-order valence-electron chi connectivity index (χ0n) is 16.1. The van der Waals surface area contributed by atoms with Crippen molar-refractivity contribution in [2.75, 3.05) is 11.1 Å². The van der Waals surface area contributed by atoms with Crippen LogP contribution in [0.4, 0.5) is 21.1 Å². The first-order valence-electron chi connectivity index (χ1n) is 8.79. The number of aliphatic imine (C=N–C) groups is 1. The van der Waals surface area contributed by atoms with Crippen LogP contribution in [0.2, 0.25) is 0 Å². The van der Waals surface area contributed by atoms with E-state index in [1.807, 2.05) is 51.1 Å². The summed E-state index contributed by atoms with van der Waals surface area (Å²) in [7, 11) is 0. The molecule has 0 spiro atoms. The van der Waals surface area contributed by atoms with Gasteiger partial charge in [0.15, 0.2) is 0 Å². The van der Waals surface area contributed by atoms with Crippen molar-refractivity contribution >= 4 is 29.4 Å². The molecule has 1 aromatic carbocycles. The summed E-state index contributed by atoms with van der Waals surface area (Å²) in [6.07, 6.45) is 1.35. The highest BCUT2D eigenvalue weighted by molar-refractivity contribution is 6.07. The molecule has 4 amide bonds. The van der Waals surface area contributed by atoms with Gasteiger partial charge in [-0.1, -0.05) is 30.3 Å². The number of amidine groups is 1. The number of nitrogen functional groups attached to an aromatic ring is 1. The van der Waals surface area contributed by atoms with E-state index in [9.17, 15) is 9.59 Å². The number of carbonyl (C=O) groups is 2. The number of anilines is 2. The summed E-state index contributed by atoms with van der Waals surface area (Å²) in [5.41, 5.74) is 13.3. The molecule has 0 aliphatic carbocycles. The second-order valence-electron chi connectivity index (χ2n) is 6.49. The van der Waals surface area contributed by atoms with Crippen molar-refractivity contribution in [2.24, 2.45) is 10.7 Å². The maximum atomic E-state index is 12.2. The normalized spacial score (nSPS) is 12.4. The van der Waals surface area contributed by atoms with E-state index in [-0.39, 0.29) is 29.4 Å². The van der Waals surface area contributed by atoms with Crippen LogP contribution in [0.15, 0.2) is 47.6 Å². The number of nitrogens with two attached hydrogens (primary N) is 2. The van der Waals surface area contributed by atoms with Gasteiger partial charge >= 0.3 is 12.1 Å². The minimum Gasteiger partial charge on any atom is -0.398 e. The minimum atomic E-state index is -0.566. The number of hydrogen-bond donors (Lipinski definition) is 5. The third kappa shape index (κ3) is 5.97. The van der Waals surface area contributed by atoms with Gasteiger partial charge in [-0.15, -0.1) is 0 Å². The Hall–Kier alpha value is -3.62. The Morgan fingerprint density at radius 1 is 1.11 bits per heavy atom. The Bertz CT molecular complexity index is 866. The van der Waals surface area contributed by atoms with Gasteiger partial charge in [0.1, 0.15) is 11.7 Å². The predicted molar refractivity (Wildman–Crippen MR) is 110 cm³/mol. The molecule has 0 aliphatic rings. The van der Waals surface area contributed by atoms with Crippen LogP contribution in [0.5, 0.6) is 0 Å². The lowest BCUT2D eigenvalue weighted by molar-refractivity contribution is 0.247. The van der Waals surface area contributed by atoms with Crippen LogP contribution in [0.1, 0.15) is 37.9 Å². The molecule has 148 valence electrons. The van der Waals surface area contributed by atoms with Crippen LogP contribution >= 0.6 is 0 Å². The summed E-state index contributed by atoms with van der Waals surface area (Å²) in [5.74, 6) is 0.190. The molecule has 0 fully saturated rings. The van der Waals surface area contributed by atoms with Crippen molar-refractivity contribution < 1.29 is 9.59 Å². The number of benzene rings is 1. The lowest BCUT2D eigenvalue weighted by Crippen LogP contribution is -2.31. The fourth-order valence-corrected chi connectivity index (χ4v) is 2.38. The van der Waals surface area contributed by atoms with Crippen LogP contribution in [0, 0.1) is 0 Å². The number of urea groups is 2. The first-order chi connectivity index (χ1) is 13.3. The highest BCUT2D eigenvalue weighted by atomic mass is 16.2. The number of carbonyl (C=O) groups excluding carboxylic acids is 2. The van der Waals surface area contributed by atoms with Gasteiger partial charge in [-0.25, -0.2) is 14.6 Å². The van der Waals surface area contributed by atoms with Gasteiger partial charge in [0.2, 0.25) is 0 Å². The van der Waals surface area contributed by atoms with Crippen molar-refractivity contribution in [3.05, 3.63) is 53.7 Å². The van der Waals surface area contributed by atoms with E-state index in [0.29, 0.717) is 5.56 Å². The smallest absolute Gasteiger partial charge is 0.343 e. The summed E-state index contributed by atoms with van der Waals surface area (Å²) < 4.78 is 0. The first kappa shape index (κ1) is 20.7. The summed E-state index contributed by atoms with van der Waals surface area (Å²) in [5, 5.41) is 8.03. The van der Waals surface area contributed by atoms with Crippen molar-refractivity contribution in [3.63, 3.8) is 0 Å². The second-order valence-corrected chi connectivity index (χ2v) is 6.49. The molecule has 2 rings (SSSR count). The fourth-order valence-electron chi connectivity index (χ4n) is 2.38. The average molecular weight is 383 g/mol. The van der Waals surface area contributed by atoms with E-state index in [1.165, 1.54) is 12.3 Å². The molecule has 28 heavy (non-hydrogen) atoms. The minimum absolute atomic E-state index is 0.0585. The molecule has 2 aromatic rings. The first-order valence-corrected chi connectivity index (χ1v) is 8.79. The topological polar surface area (TPSA) is 148 Å². The molecule has 1 aromatic heterocycles. The molecular formula is C19H25N7O2. The highest BCUT2D eigenvalue weighted by Gasteiger charge is 2.12. The molecule has 1 atom stereocenters. The third-order valence-electron chi connectivity index (χ3n) is 3.73. The van der Waals surface area contributed by atoms with E-state index in [1.54, 1.807) is 0 Å². The number of nitrogens with one attached hydrogen (secondary N) is 3. The third-order valence-corrected chi connectivity index (χ3v) is 3.73. The monoisotopic (exact) mass is 383 g/mol. The summed E-state index contributed by atoms with van der Waals surface area (Å²) in [4.78, 5) is 31.7. The number of aromatic nitrogens is 1. The molecule has 1 unspecified atom stereocenters. The Labute approximate surface area is 163 Å². The van der Waals surface area contributed by atoms with Crippen molar-refractivity contribution in [2.45, 2.75) is 32.9 Å². The lowest BCUT2D eigenvalue weighted by Gasteiger charge is -2.15. The van der Waals surface area contributed by atoms with Gasteiger partial charge in [-0.3, -0.25) is 5.32 Å². The quantitative estimate of drug-likeness (QED) is 0.397. The number of pyridine rings is 1. The van der Waals surface area contributed by atoms with E-state index >= 15 is 0 Å². The summed E-state index contributed by atoms with van der Waals surface area (Å²) in [6, 6.07) is 9.78. The maximum absolute atomic E-state index is 12.2. The van der Waals surface area contributed by atoms with Gasteiger partial charge in [0.25, 0.3) is 0 Å². The van der Waals surface area contributed by atoms with Gasteiger partial charge in [-0.05, 0) is 26.3 Å². The molecule has 9 heteroatoms. The second kappa shape index (κ2) is 9.36. The van der Waals surface area contributed by atoms with Crippen molar-refractivity contribution in [1.82, 2.24) is 15.6 Å². The molecule has 0 bridgehead atoms. The number of hydrogen-bond acceptors (Lipinski definition) is 4. The lowest BCUT2D eigenvalue weighted by atomic mass is 10.1. The predicted octanol–water partition coefficient (Wildman–Crippen LogP) is 2.37. The molecule has 0 saturated carbocycles. The van der Waals surface area contributed by atoms with Gasteiger partial charge in [0.05, 0.1) is 11.6 Å². The van der Waals surface area contributed by atoms with Gasteiger partial charge in [-0.2, -0.15) is 4.99 Å². The Morgan fingerprint density at radius 3 is 2.39 bits per heavy atom. The van der Waals surface area contributed by atoms with Crippen LogP contribution < -0.4 is 27.4 Å². The molecule has 0 radical (unpaired) electrons. The van der Waals surface area contributed by atoms with Crippen LogP contribution in [0.25, 0.3) is 0 Å². The molecule has 7 N–H and O–H groups in total. The van der Waals surface area contributed by atoms with Gasteiger partial charge in [0, 0.05) is 24.0 Å². The molecule has 9 nitrogen and oxygen atoms in total. The molecule has 0 saturated heterocycles. The van der Waals surface area contributed by atoms with E-state index in [4.69, 9.17) is 11.5 Å². The SMILES string of the molecule is CC(C)NC(=O)N=C(N)c1cnc(NC(=O)NC(C)c2ccccc2)cc1N. The highest BCUT2D eigenvalue weighted by Crippen LogP contribution is 2.16. The van der Waals surface area contributed by atoms with Crippen molar-refractivity contribution in [3.8, 4) is 0 Å². The fraction of sp³-hybridized carbons (Fsp3) is 0.263. The Kier molecular flexibility index (Phi) is 6.91. The molecule has 0 aliphatic heterocycles. The van der Waals surface area contributed by atoms with E-state index in [2.05, 4.69) is 25.9 Å². The van der Waals surface area contributed by atoms with Crippen LogP contribution in [-0.4, -0.2) is 28.9 Å². The average Bonchev–Trinajstić information content (AvgIpc) is 2.61. The Balaban J connectivity index is 2.02. The largest absolute Gasteiger partial charge is 0.398 e. The number of nitrogens with zero attached hydrogens (tertiary/aromatic N) is 2. The molecular weight excluding hydrogens is 358 g/mol. The Morgan fingerprint density at radius 2 is 1.79 bits per heavy atom. The van der Waals surface area contributed by atoms with E-state index < -0.39 is 12.1 Å². The zero-order chi connectivity index (χ0) is 20.7. The standard InChI is InChI=1S/C19H25N7O2/c1-11(2)23-18(27)26-17(21)14-10-22-16(9-15(14)20)25-19(28)24-12(3)13-7-5-4-6-8-13/h4-12H,1-3H3,(H3,21,23,26,27)(H4,20,22,24,25,28). The number of rotatable bonds is 5. The summed E-state index contributed by atoms with van der Waals surface area (Å²) >= 11 is 0. The molecule has 1 heterocycles. The number of amides is 4. The zero-order valence-corrected chi connectivity index (χ0v) is 16.1. The van der Waals surface area contributed by atoms with Crippen molar-refractivity contribution in [1.29, 1.82) is 0 Å². The van der Waals surface area contributed by atoms with Gasteiger partial charge < -0.3 is 22.1 Å². The van der Waals surface area contributed by atoms with Crippen LogP contribution in [0.3, 0.4) is 0 Å².